The highest BCUT2D eigenvalue weighted by Gasteiger charge is 2.28. The van der Waals surface area contributed by atoms with Gasteiger partial charge in [-0.15, -0.1) is 11.3 Å². The number of carbonyl (C=O) groups excluding carboxylic acids is 1. The molecule has 1 aliphatic rings. The Kier molecular flexibility index (Phi) is 5.33. The van der Waals surface area contributed by atoms with Crippen molar-refractivity contribution in [2.75, 3.05) is 13.1 Å². The molecule has 6 heteroatoms. The van der Waals surface area contributed by atoms with Crippen LogP contribution in [-0.2, 0) is 6.42 Å². The maximum absolute atomic E-state index is 12.6. The Morgan fingerprint density at radius 3 is 3.22 bits per heavy atom. The fourth-order valence-electron chi connectivity index (χ4n) is 3.17. The molecule has 0 saturated carbocycles. The van der Waals surface area contributed by atoms with Crippen LogP contribution in [0.3, 0.4) is 0 Å². The van der Waals surface area contributed by atoms with Crippen molar-refractivity contribution in [2.24, 2.45) is 5.92 Å². The summed E-state index contributed by atoms with van der Waals surface area (Å²) in [4.78, 5) is 15.9. The van der Waals surface area contributed by atoms with Gasteiger partial charge in [0.25, 0.3) is 0 Å². The summed E-state index contributed by atoms with van der Waals surface area (Å²) < 4.78 is 0. The van der Waals surface area contributed by atoms with E-state index in [1.807, 2.05) is 17.3 Å². The fraction of sp³-hybridized carbons (Fsp3) is 0.529. The molecule has 0 aliphatic carbocycles. The van der Waals surface area contributed by atoms with Gasteiger partial charge >= 0.3 is 6.03 Å². The molecule has 1 fully saturated rings. The summed E-state index contributed by atoms with van der Waals surface area (Å²) >= 11 is 1.78. The van der Waals surface area contributed by atoms with Crippen molar-refractivity contribution in [3.8, 4) is 0 Å². The first-order chi connectivity index (χ1) is 11.2. The highest BCUT2D eigenvalue weighted by Crippen LogP contribution is 2.30. The van der Waals surface area contributed by atoms with Crippen molar-refractivity contribution in [3.63, 3.8) is 0 Å². The molecule has 1 aliphatic heterocycles. The molecule has 0 radical (unpaired) electrons. The van der Waals surface area contributed by atoms with E-state index in [2.05, 4.69) is 40.0 Å². The third kappa shape index (κ3) is 4.13. The number of carbonyl (C=O) groups is 1. The number of nitrogens with zero attached hydrogens (tertiary/aromatic N) is 2. The predicted molar refractivity (Wildman–Crippen MR) is 92.5 cm³/mol. The summed E-state index contributed by atoms with van der Waals surface area (Å²) in [6.07, 6.45) is 7.99. The Morgan fingerprint density at radius 1 is 1.57 bits per heavy atom. The van der Waals surface area contributed by atoms with Crippen LogP contribution in [0.15, 0.2) is 29.9 Å². The first-order valence-electron chi connectivity index (χ1n) is 8.29. The van der Waals surface area contributed by atoms with E-state index in [0.29, 0.717) is 12.5 Å². The van der Waals surface area contributed by atoms with Gasteiger partial charge in [-0.2, -0.15) is 5.10 Å². The van der Waals surface area contributed by atoms with Gasteiger partial charge in [-0.25, -0.2) is 4.79 Å². The number of hydrogen-bond acceptors (Lipinski definition) is 3. The van der Waals surface area contributed by atoms with Gasteiger partial charge in [0.2, 0.25) is 0 Å². The van der Waals surface area contributed by atoms with Crippen LogP contribution < -0.4 is 5.32 Å². The molecule has 0 aromatic carbocycles. The van der Waals surface area contributed by atoms with Gasteiger partial charge in [-0.1, -0.05) is 13.0 Å². The van der Waals surface area contributed by atoms with Crippen LogP contribution in [0.1, 0.15) is 42.7 Å². The summed E-state index contributed by atoms with van der Waals surface area (Å²) in [5.41, 5.74) is 1.10. The fourth-order valence-corrected chi connectivity index (χ4v) is 4.04. The van der Waals surface area contributed by atoms with Crippen LogP contribution in [0.4, 0.5) is 4.79 Å². The van der Waals surface area contributed by atoms with E-state index in [1.165, 1.54) is 4.88 Å². The maximum atomic E-state index is 12.6. The lowest BCUT2D eigenvalue weighted by Gasteiger charge is -2.35. The molecule has 2 amide bonds. The summed E-state index contributed by atoms with van der Waals surface area (Å²) in [7, 11) is 0. The number of thiophene rings is 1. The van der Waals surface area contributed by atoms with Crippen molar-refractivity contribution < 1.29 is 4.79 Å². The zero-order valence-electron chi connectivity index (χ0n) is 13.5. The van der Waals surface area contributed by atoms with E-state index in [4.69, 9.17) is 0 Å². The van der Waals surface area contributed by atoms with Crippen molar-refractivity contribution in [1.82, 2.24) is 20.4 Å². The second-order valence-electron chi connectivity index (χ2n) is 6.31. The van der Waals surface area contributed by atoms with Crippen LogP contribution in [0.5, 0.6) is 0 Å². The van der Waals surface area contributed by atoms with Crippen molar-refractivity contribution in [3.05, 3.63) is 40.3 Å². The minimum atomic E-state index is 0.0499. The van der Waals surface area contributed by atoms with E-state index in [0.717, 1.165) is 37.8 Å². The van der Waals surface area contributed by atoms with Crippen LogP contribution in [-0.4, -0.2) is 34.2 Å². The number of rotatable bonds is 5. The van der Waals surface area contributed by atoms with Crippen LogP contribution in [0, 0.1) is 5.92 Å². The summed E-state index contributed by atoms with van der Waals surface area (Å²) in [5, 5.41) is 12.1. The van der Waals surface area contributed by atoms with Crippen LogP contribution >= 0.6 is 11.3 Å². The zero-order chi connectivity index (χ0) is 16.1. The van der Waals surface area contributed by atoms with Gasteiger partial charge in [0, 0.05) is 29.7 Å². The standard InChI is InChI=1S/C17H24N4OS/c1-13(9-15-5-4-8-23-15)10-18-17(22)21-7-3-2-6-16(21)14-11-19-20-12-14/h4-5,8,11-13,16H,2-3,6-7,9-10H2,1H3,(H,18,22)(H,19,20)/t13-,16-/m1/s1. The lowest BCUT2D eigenvalue weighted by molar-refractivity contribution is 0.150. The van der Waals surface area contributed by atoms with E-state index < -0.39 is 0 Å². The number of piperidine rings is 1. The van der Waals surface area contributed by atoms with Crippen molar-refractivity contribution in [1.29, 1.82) is 0 Å². The molecule has 3 rings (SSSR count). The molecule has 0 bridgehead atoms. The summed E-state index contributed by atoms with van der Waals surface area (Å²) in [6.45, 7) is 3.72. The van der Waals surface area contributed by atoms with E-state index in [1.54, 1.807) is 11.3 Å². The predicted octanol–water partition coefficient (Wildman–Crippen LogP) is 3.59. The van der Waals surface area contributed by atoms with E-state index in [9.17, 15) is 4.79 Å². The molecular weight excluding hydrogens is 308 g/mol. The first-order valence-corrected chi connectivity index (χ1v) is 9.17. The van der Waals surface area contributed by atoms with Gasteiger partial charge in [-0.05, 0) is 43.0 Å². The van der Waals surface area contributed by atoms with E-state index >= 15 is 0 Å². The Labute approximate surface area is 141 Å². The molecule has 2 N–H and O–H groups in total. The number of likely N-dealkylation sites (tertiary alicyclic amines) is 1. The molecule has 124 valence electrons. The molecule has 2 aromatic heterocycles. The second kappa shape index (κ2) is 7.64. The van der Waals surface area contributed by atoms with E-state index in [-0.39, 0.29) is 12.1 Å². The number of nitrogens with one attached hydrogen (secondary N) is 2. The van der Waals surface area contributed by atoms with Crippen LogP contribution in [0.25, 0.3) is 0 Å². The number of H-pyrrole nitrogens is 1. The lowest BCUT2D eigenvalue weighted by Crippen LogP contribution is -2.45. The summed E-state index contributed by atoms with van der Waals surface area (Å²) in [6, 6.07) is 4.43. The SMILES string of the molecule is C[C@@H](CNC(=O)N1CCCC[C@@H]1c1cn[nH]c1)Cc1cccs1. The quantitative estimate of drug-likeness (QED) is 0.879. The Hall–Kier alpha value is -1.82. The highest BCUT2D eigenvalue weighted by atomic mass is 32.1. The normalized spacial score (nSPS) is 19.5. The number of amides is 2. The third-order valence-electron chi connectivity index (χ3n) is 4.40. The Bertz CT molecular complexity index is 596. The average Bonchev–Trinajstić information content (AvgIpc) is 3.26. The molecule has 23 heavy (non-hydrogen) atoms. The largest absolute Gasteiger partial charge is 0.338 e. The first kappa shape index (κ1) is 16.1. The Morgan fingerprint density at radius 2 is 2.48 bits per heavy atom. The van der Waals surface area contributed by atoms with Gasteiger partial charge in [0.15, 0.2) is 0 Å². The number of aromatic amines is 1. The van der Waals surface area contributed by atoms with Gasteiger partial charge < -0.3 is 10.2 Å². The van der Waals surface area contributed by atoms with Crippen molar-refractivity contribution >= 4 is 17.4 Å². The molecule has 3 heterocycles. The Balaban J connectivity index is 1.53. The minimum Gasteiger partial charge on any atom is -0.338 e. The lowest BCUT2D eigenvalue weighted by atomic mass is 9.98. The van der Waals surface area contributed by atoms with Crippen LogP contribution in [0.2, 0.25) is 0 Å². The topological polar surface area (TPSA) is 61.0 Å². The molecule has 2 aromatic rings. The third-order valence-corrected chi connectivity index (χ3v) is 5.30. The molecule has 0 unspecified atom stereocenters. The smallest absolute Gasteiger partial charge is 0.317 e. The second-order valence-corrected chi connectivity index (χ2v) is 7.34. The molecule has 5 nitrogen and oxygen atoms in total. The zero-order valence-corrected chi connectivity index (χ0v) is 14.3. The molecular formula is C17H24N4OS. The van der Waals surface area contributed by atoms with Gasteiger partial charge in [0.1, 0.15) is 0 Å². The highest BCUT2D eigenvalue weighted by molar-refractivity contribution is 7.09. The molecule has 1 saturated heterocycles. The number of urea groups is 1. The van der Waals surface area contributed by atoms with Crippen molar-refractivity contribution in [2.45, 2.75) is 38.6 Å². The number of aromatic nitrogens is 2. The average molecular weight is 332 g/mol. The van der Waals surface area contributed by atoms with Gasteiger partial charge in [-0.3, -0.25) is 5.10 Å². The minimum absolute atomic E-state index is 0.0499. The summed E-state index contributed by atoms with van der Waals surface area (Å²) in [5.74, 6) is 0.440. The molecule has 0 spiro atoms. The molecule has 2 atom stereocenters. The maximum Gasteiger partial charge on any atom is 0.317 e. The van der Waals surface area contributed by atoms with Gasteiger partial charge in [0.05, 0.1) is 12.2 Å². The monoisotopic (exact) mass is 332 g/mol. The number of hydrogen-bond donors (Lipinski definition) is 2.